The minimum absolute atomic E-state index is 0. The van der Waals surface area contributed by atoms with Crippen LogP contribution in [0.25, 0.3) is 0 Å². The molecule has 1 rings (SSSR count). The Labute approximate surface area is 177 Å². The van der Waals surface area contributed by atoms with Crippen molar-refractivity contribution < 1.29 is 14.0 Å². The van der Waals surface area contributed by atoms with Gasteiger partial charge >= 0.3 is 0 Å². The van der Waals surface area contributed by atoms with Gasteiger partial charge in [-0.1, -0.05) is 12.1 Å². The molecule has 0 atom stereocenters. The van der Waals surface area contributed by atoms with Crippen molar-refractivity contribution in [2.24, 2.45) is 4.99 Å². The van der Waals surface area contributed by atoms with Gasteiger partial charge in [0.05, 0.1) is 13.0 Å². The van der Waals surface area contributed by atoms with Crippen molar-refractivity contribution in [3.8, 4) is 0 Å². The quantitative estimate of drug-likeness (QED) is 0.199. The van der Waals surface area contributed by atoms with Crippen molar-refractivity contribution in [3.63, 3.8) is 0 Å². The van der Waals surface area contributed by atoms with Crippen LogP contribution in [-0.4, -0.2) is 50.0 Å². The van der Waals surface area contributed by atoms with Gasteiger partial charge in [0.25, 0.3) is 0 Å². The topological polar surface area (TPSA) is 94.6 Å². The summed E-state index contributed by atoms with van der Waals surface area (Å²) in [4.78, 5) is 27.6. The third-order valence-electron chi connectivity index (χ3n) is 3.17. The highest BCUT2D eigenvalue weighted by atomic mass is 127. The van der Waals surface area contributed by atoms with E-state index in [-0.39, 0.29) is 60.1 Å². The van der Waals surface area contributed by atoms with Crippen LogP contribution in [0.15, 0.2) is 29.3 Å². The molecular formula is C18H29FIN5O2. The van der Waals surface area contributed by atoms with Crippen LogP contribution in [0.4, 0.5) is 4.39 Å². The number of nitrogens with zero attached hydrogens (tertiary/aromatic N) is 1. The highest BCUT2D eigenvalue weighted by Crippen LogP contribution is 2.03. The zero-order chi connectivity index (χ0) is 19.6. The zero-order valence-corrected chi connectivity index (χ0v) is 18.5. The second-order valence-corrected chi connectivity index (χ2v) is 6.80. The van der Waals surface area contributed by atoms with Gasteiger partial charge in [0.15, 0.2) is 5.96 Å². The molecule has 152 valence electrons. The lowest BCUT2D eigenvalue weighted by atomic mass is 10.1. The molecule has 0 aliphatic heterocycles. The molecule has 27 heavy (non-hydrogen) atoms. The lowest BCUT2D eigenvalue weighted by Gasteiger charge is -2.21. The van der Waals surface area contributed by atoms with Gasteiger partial charge in [-0.25, -0.2) is 4.39 Å². The van der Waals surface area contributed by atoms with Gasteiger partial charge in [0, 0.05) is 25.7 Å². The third-order valence-corrected chi connectivity index (χ3v) is 3.17. The summed E-state index contributed by atoms with van der Waals surface area (Å²) in [5.74, 6) is -0.130. The van der Waals surface area contributed by atoms with Crippen LogP contribution in [0, 0.1) is 5.82 Å². The Balaban J connectivity index is 0.00000676. The second kappa shape index (κ2) is 12.5. The number of rotatable bonds is 7. The Morgan fingerprint density at radius 2 is 1.59 bits per heavy atom. The highest BCUT2D eigenvalue weighted by molar-refractivity contribution is 14.0. The van der Waals surface area contributed by atoms with Crippen LogP contribution in [0.3, 0.4) is 0 Å². The number of carbonyl (C=O) groups excluding carboxylic acids is 2. The lowest BCUT2D eigenvalue weighted by molar-refractivity contribution is -0.121. The van der Waals surface area contributed by atoms with Crippen molar-refractivity contribution in [2.75, 3.05) is 26.7 Å². The maximum atomic E-state index is 12.8. The molecule has 0 saturated carbocycles. The van der Waals surface area contributed by atoms with Gasteiger partial charge in [-0.3, -0.25) is 14.6 Å². The molecule has 0 fully saturated rings. The van der Waals surface area contributed by atoms with Crippen molar-refractivity contribution in [2.45, 2.75) is 32.7 Å². The van der Waals surface area contributed by atoms with E-state index in [4.69, 9.17) is 0 Å². The summed E-state index contributed by atoms with van der Waals surface area (Å²) in [6, 6.07) is 5.83. The summed E-state index contributed by atoms with van der Waals surface area (Å²) in [5.41, 5.74) is 0.462. The number of amides is 2. The number of guanidine groups is 1. The summed E-state index contributed by atoms with van der Waals surface area (Å²) in [6.07, 6.45) is 0.195. The number of hydrogen-bond donors (Lipinski definition) is 4. The van der Waals surface area contributed by atoms with Crippen LogP contribution in [0.5, 0.6) is 0 Å². The van der Waals surface area contributed by atoms with E-state index in [1.54, 1.807) is 19.2 Å². The standard InChI is InChI=1S/C18H28FN5O2.HI/c1-18(2,3)24-16(26)12-23-17(20-4)22-10-9-21-15(25)11-13-5-7-14(19)8-6-13;/h5-8H,9-12H2,1-4H3,(H,21,25)(H,24,26)(H2,20,22,23);1H. The van der Waals surface area contributed by atoms with Gasteiger partial charge in [-0.05, 0) is 38.5 Å². The molecule has 0 radical (unpaired) electrons. The van der Waals surface area contributed by atoms with E-state index in [0.29, 0.717) is 19.0 Å². The zero-order valence-electron chi connectivity index (χ0n) is 16.2. The molecule has 2 amide bonds. The molecular weight excluding hydrogens is 464 g/mol. The Kier molecular flexibility index (Phi) is 11.6. The molecule has 0 spiro atoms. The number of nitrogens with one attached hydrogen (secondary N) is 4. The van der Waals surface area contributed by atoms with Crippen LogP contribution < -0.4 is 21.3 Å². The summed E-state index contributed by atoms with van der Waals surface area (Å²) in [5, 5.41) is 11.5. The molecule has 9 heteroatoms. The fraction of sp³-hybridized carbons (Fsp3) is 0.500. The Morgan fingerprint density at radius 3 is 2.15 bits per heavy atom. The summed E-state index contributed by atoms with van der Waals surface area (Å²) in [6.45, 7) is 6.68. The van der Waals surface area contributed by atoms with Crippen molar-refractivity contribution in [1.82, 2.24) is 21.3 Å². The van der Waals surface area contributed by atoms with Crippen molar-refractivity contribution >= 4 is 41.8 Å². The maximum absolute atomic E-state index is 12.8. The second-order valence-electron chi connectivity index (χ2n) is 6.80. The van der Waals surface area contributed by atoms with Crippen LogP contribution in [0.2, 0.25) is 0 Å². The van der Waals surface area contributed by atoms with Crippen molar-refractivity contribution in [1.29, 1.82) is 0 Å². The maximum Gasteiger partial charge on any atom is 0.239 e. The van der Waals surface area contributed by atoms with Crippen LogP contribution in [-0.2, 0) is 16.0 Å². The first-order valence-electron chi connectivity index (χ1n) is 8.46. The molecule has 1 aromatic rings. The van der Waals surface area contributed by atoms with Gasteiger partial charge in [-0.2, -0.15) is 0 Å². The van der Waals surface area contributed by atoms with E-state index in [1.807, 2.05) is 20.8 Å². The normalized spacial score (nSPS) is 11.2. The van der Waals surface area contributed by atoms with E-state index in [9.17, 15) is 14.0 Å². The number of aliphatic imine (C=N–C) groups is 1. The van der Waals surface area contributed by atoms with E-state index in [1.165, 1.54) is 12.1 Å². The van der Waals surface area contributed by atoms with E-state index in [0.717, 1.165) is 5.56 Å². The fourth-order valence-corrected chi connectivity index (χ4v) is 2.08. The van der Waals surface area contributed by atoms with Gasteiger partial charge < -0.3 is 21.3 Å². The molecule has 0 aliphatic carbocycles. The molecule has 4 N–H and O–H groups in total. The SMILES string of the molecule is CN=C(NCCNC(=O)Cc1ccc(F)cc1)NCC(=O)NC(C)(C)C.I. The molecule has 0 aliphatic rings. The van der Waals surface area contributed by atoms with E-state index >= 15 is 0 Å². The number of benzene rings is 1. The van der Waals surface area contributed by atoms with Crippen LogP contribution >= 0.6 is 24.0 Å². The monoisotopic (exact) mass is 493 g/mol. The molecule has 1 aromatic carbocycles. The van der Waals surface area contributed by atoms with Crippen molar-refractivity contribution in [3.05, 3.63) is 35.6 Å². The highest BCUT2D eigenvalue weighted by Gasteiger charge is 2.13. The number of carbonyl (C=O) groups is 2. The first-order chi connectivity index (χ1) is 12.2. The predicted octanol–water partition coefficient (Wildman–Crippen LogP) is 1.18. The average Bonchev–Trinajstić information content (AvgIpc) is 2.54. The Bertz CT molecular complexity index is 630. The first kappa shape index (κ1) is 25.1. The van der Waals surface area contributed by atoms with Gasteiger partial charge in [0.1, 0.15) is 5.82 Å². The minimum atomic E-state index is -0.326. The lowest BCUT2D eigenvalue weighted by Crippen LogP contribution is -2.49. The summed E-state index contributed by atoms with van der Waals surface area (Å²) < 4.78 is 12.8. The minimum Gasteiger partial charge on any atom is -0.355 e. The average molecular weight is 493 g/mol. The Hall–Kier alpha value is -1.91. The third kappa shape index (κ3) is 12.2. The van der Waals surface area contributed by atoms with E-state index < -0.39 is 0 Å². The number of halogens is 2. The molecule has 0 aromatic heterocycles. The smallest absolute Gasteiger partial charge is 0.239 e. The summed E-state index contributed by atoms with van der Waals surface area (Å²) >= 11 is 0. The Morgan fingerprint density at radius 1 is 1.00 bits per heavy atom. The first-order valence-corrected chi connectivity index (χ1v) is 8.46. The largest absolute Gasteiger partial charge is 0.355 e. The molecule has 0 bridgehead atoms. The fourth-order valence-electron chi connectivity index (χ4n) is 2.08. The molecule has 0 saturated heterocycles. The van der Waals surface area contributed by atoms with Crippen LogP contribution in [0.1, 0.15) is 26.3 Å². The molecule has 7 nitrogen and oxygen atoms in total. The molecule has 0 heterocycles. The summed E-state index contributed by atoms with van der Waals surface area (Å²) in [7, 11) is 1.60. The van der Waals surface area contributed by atoms with Gasteiger partial charge in [0.2, 0.25) is 11.8 Å². The molecule has 0 unspecified atom stereocenters. The van der Waals surface area contributed by atoms with Gasteiger partial charge in [-0.15, -0.1) is 24.0 Å². The van der Waals surface area contributed by atoms with E-state index in [2.05, 4.69) is 26.3 Å². The number of hydrogen-bond acceptors (Lipinski definition) is 3. The predicted molar refractivity (Wildman–Crippen MR) is 116 cm³/mol.